The number of nitrogens with one attached hydrogen (secondary N) is 1. The number of halogens is 2. The molecule has 0 aromatic heterocycles. The Kier molecular flexibility index (Phi) is 5.13. The Bertz CT molecular complexity index is 401. The van der Waals surface area contributed by atoms with E-state index in [-0.39, 0.29) is 0 Å². The average molecular weight is 289 g/mol. The minimum Gasteiger partial charge on any atom is -0.491 e. The van der Waals surface area contributed by atoms with Crippen molar-refractivity contribution in [3.63, 3.8) is 0 Å². The molecule has 1 aromatic rings. The topological polar surface area (TPSA) is 24.5 Å². The first-order chi connectivity index (χ1) is 8.66. The second-order valence-electron chi connectivity index (χ2n) is 4.51. The van der Waals surface area contributed by atoms with E-state index >= 15 is 0 Å². The third kappa shape index (κ3) is 3.75. The summed E-state index contributed by atoms with van der Waals surface area (Å²) in [6, 6.07) is 5.86. The molecular formula is C13H18Cl2N2O. The summed E-state index contributed by atoms with van der Waals surface area (Å²) in [5, 5.41) is 4.56. The maximum absolute atomic E-state index is 6.05. The van der Waals surface area contributed by atoms with Crippen LogP contribution in [0.5, 0.6) is 5.75 Å². The monoisotopic (exact) mass is 288 g/mol. The molecule has 0 bridgehead atoms. The standard InChI is InChI=1S/C13H18Cl2N2O/c1-10-9-16-4-5-17(10)6-7-18-13-3-2-11(14)8-12(13)15/h2-3,8,10,16H,4-7,9H2,1H3/t10-/m1/s1. The highest BCUT2D eigenvalue weighted by atomic mass is 35.5. The van der Waals surface area contributed by atoms with Crippen LogP contribution in [0.1, 0.15) is 6.92 Å². The quantitative estimate of drug-likeness (QED) is 0.922. The van der Waals surface area contributed by atoms with Gasteiger partial charge in [-0.2, -0.15) is 0 Å². The predicted octanol–water partition coefficient (Wildman–Crippen LogP) is 2.67. The van der Waals surface area contributed by atoms with Crippen LogP contribution in [0.25, 0.3) is 0 Å². The number of ether oxygens (including phenoxy) is 1. The number of hydrogen-bond acceptors (Lipinski definition) is 3. The lowest BCUT2D eigenvalue weighted by atomic mass is 10.2. The summed E-state index contributed by atoms with van der Waals surface area (Å²) in [4.78, 5) is 2.42. The number of rotatable bonds is 4. The van der Waals surface area contributed by atoms with Crippen LogP contribution in [0, 0.1) is 0 Å². The molecule has 0 unspecified atom stereocenters. The second-order valence-corrected chi connectivity index (χ2v) is 5.36. The van der Waals surface area contributed by atoms with E-state index in [4.69, 9.17) is 27.9 Å². The summed E-state index contributed by atoms with van der Waals surface area (Å²) >= 11 is 11.9. The highest BCUT2D eigenvalue weighted by molar-refractivity contribution is 6.35. The number of hydrogen-bond donors (Lipinski definition) is 1. The lowest BCUT2D eigenvalue weighted by molar-refractivity contribution is 0.143. The first-order valence-corrected chi connectivity index (χ1v) is 6.95. The third-order valence-electron chi connectivity index (χ3n) is 3.17. The molecule has 1 N–H and O–H groups in total. The van der Waals surface area contributed by atoms with Crippen LogP contribution >= 0.6 is 23.2 Å². The molecule has 0 saturated carbocycles. The van der Waals surface area contributed by atoms with Crippen LogP contribution in [0.2, 0.25) is 10.0 Å². The SMILES string of the molecule is C[C@@H]1CNCCN1CCOc1ccc(Cl)cc1Cl. The van der Waals surface area contributed by atoms with Crippen molar-refractivity contribution in [3.05, 3.63) is 28.2 Å². The van der Waals surface area contributed by atoms with Gasteiger partial charge in [-0.3, -0.25) is 4.90 Å². The fourth-order valence-corrected chi connectivity index (χ4v) is 2.54. The van der Waals surface area contributed by atoms with Crippen molar-refractivity contribution in [2.45, 2.75) is 13.0 Å². The molecule has 1 heterocycles. The van der Waals surface area contributed by atoms with E-state index in [9.17, 15) is 0 Å². The molecule has 18 heavy (non-hydrogen) atoms. The lowest BCUT2D eigenvalue weighted by Crippen LogP contribution is -2.50. The van der Waals surface area contributed by atoms with E-state index in [1.54, 1.807) is 12.1 Å². The van der Waals surface area contributed by atoms with Gasteiger partial charge in [0.2, 0.25) is 0 Å². The molecule has 1 fully saturated rings. The van der Waals surface area contributed by atoms with Gasteiger partial charge in [0.1, 0.15) is 12.4 Å². The van der Waals surface area contributed by atoms with Gasteiger partial charge in [0.15, 0.2) is 0 Å². The fraction of sp³-hybridized carbons (Fsp3) is 0.538. The zero-order valence-corrected chi connectivity index (χ0v) is 12.0. The Morgan fingerprint density at radius 2 is 2.28 bits per heavy atom. The first kappa shape index (κ1) is 13.9. The highest BCUT2D eigenvalue weighted by Gasteiger charge is 2.17. The molecule has 1 aliphatic heterocycles. The Morgan fingerprint density at radius 1 is 1.44 bits per heavy atom. The van der Waals surface area contributed by atoms with Crippen LogP contribution in [-0.4, -0.2) is 43.7 Å². The zero-order chi connectivity index (χ0) is 13.0. The zero-order valence-electron chi connectivity index (χ0n) is 10.5. The van der Waals surface area contributed by atoms with E-state index in [2.05, 4.69) is 17.1 Å². The summed E-state index contributed by atoms with van der Waals surface area (Å²) in [7, 11) is 0. The number of nitrogens with zero attached hydrogens (tertiary/aromatic N) is 1. The van der Waals surface area contributed by atoms with Gasteiger partial charge < -0.3 is 10.1 Å². The lowest BCUT2D eigenvalue weighted by Gasteiger charge is -2.33. The van der Waals surface area contributed by atoms with Gasteiger partial charge in [-0.25, -0.2) is 0 Å². The van der Waals surface area contributed by atoms with Crippen molar-refractivity contribution >= 4 is 23.2 Å². The molecule has 1 saturated heterocycles. The van der Waals surface area contributed by atoms with E-state index < -0.39 is 0 Å². The van der Waals surface area contributed by atoms with Gasteiger partial charge in [0, 0.05) is 37.2 Å². The van der Waals surface area contributed by atoms with E-state index in [0.29, 0.717) is 28.4 Å². The van der Waals surface area contributed by atoms with Gasteiger partial charge in [-0.05, 0) is 25.1 Å². The Morgan fingerprint density at radius 3 is 3.00 bits per heavy atom. The predicted molar refractivity (Wildman–Crippen MR) is 75.9 cm³/mol. The summed E-state index contributed by atoms with van der Waals surface area (Å²) in [5.74, 6) is 0.698. The van der Waals surface area contributed by atoms with Crippen molar-refractivity contribution in [1.29, 1.82) is 0 Å². The third-order valence-corrected chi connectivity index (χ3v) is 3.70. The molecule has 0 radical (unpaired) electrons. The van der Waals surface area contributed by atoms with Crippen LogP contribution in [0.15, 0.2) is 18.2 Å². The summed E-state index contributed by atoms with van der Waals surface area (Å²) in [5.41, 5.74) is 0. The minimum absolute atomic E-state index is 0.558. The van der Waals surface area contributed by atoms with Crippen LogP contribution in [0.4, 0.5) is 0 Å². The summed E-state index contributed by atoms with van der Waals surface area (Å²) in [6.07, 6.45) is 0. The molecular weight excluding hydrogens is 271 g/mol. The molecule has 2 rings (SSSR count). The molecule has 1 aliphatic rings. The summed E-state index contributed by atoms with van der Waals surface area (Å²) in [6.45, 7) is 6.95. The Labute approximate surface area is 118 Å². The summed E-state index contributed by atoms with van der Waals surface area (Å²) < 4.78 is 5.69. The molecule has 5 heteroatoms. The van der Waals surface area contributed by atoms with Crippen LogP contribution in [0.3, 0.4) is 0 Å². The molecule has 0 aliphatic carbocycles. The van der Waals surface area contributed by atoms with Crippen molar-refractivity contribution in [1.82, 2.24) is 10.2 Å². The van der Waals surface area contributed by atoms with Gasteiger partial charge in [0.25, 0.3) is 0 Å². The van der Waals surface area contributed by atoms with Crippen LogP contribution in [-0.2, 0) is 0 Å². The fourth-order valence-electron chi connectivity index (χ4n) is 2.08. The van der Waals surface area contributed by atoms with Gasteiger partial charge in [0.05, 0.1) is 5.02 Å². The van der Waals surface area contributed by atoms with Gasteiger partial charge in [-0.1, -0.05) is 23.2 Å². The van der Waals surface area contributed by atoms with Crippen molar-refractivity contribution in [2.75, 3.05) is 32.8 Å². The molecule has 0 spiro atoms. The maximum atomic E-state index is 6.05. The smallest absolute Gasteiger partial charge is 0.138 e. The Hall–Kier alpha value is -0.480. The highest BCUT2D eigenvalue weighted by Crippen LogP contribution is 2.27. The van der Waals surface area contributed by atoms with Gasteiger partial charge >= 0.3 is 0 Å². The van der Waals surface area contributed by atoms with E-state index in [1.807, 2.05) is 6.07 Å². The van der Waals surface area contributed by atoms with E-state index in [1.165, 1.54) is 0 Å². The largest absolute Gasteiger partial charge is 0.491 e. The van der Waals surface area contributed by atoms with Crippen molar-refractivity contribution in [2.24, 2.45) is 0 Å². The Balaban J connectivity index is 1.81. The molecule has 3 nitrogen and oxygen atoms in total. The number of benzene rings is 1. The van der Waals surface area contributed by atoms with Crippen LogP contribution < -0.4 is 10.1 Å². The van der Waals surface area contributed by atoms with E-state index in [0.717, 1.165) is 26.2 Å². The molecule has 1 aromatic carbocycles. The molecule has 0 amide bonds. The van der Waals surface area contributed by atoms with Gasteiger partial charge in [-0.15, -0.1) is 0 Å². The molecule has 1 atom stereocenters. The number of piperazine rings is 1. The van der Waals surface area contributed by atoms with Crippen molar-refractivity contribution < 1.29 is 4.74 Å². The average Bonchev–Trinajstić information content (AvgIpc) is 2.34. The molecule has 100 valence electrons. The minimum atomic E-state index is 0.558. The maximum Gasteiger partial charge on any atom is 0.138 e. The first-order valence-electron chi connectivity index (χ1n) is 6.19. The normalized spacial score (nSPS) is 20.9. The second kappa shape index (κ2) is 6.62. The van der Waals surface area contributed by atoms with Crippen molar-refractivity contribution in [3.8, 4) is 5.75 Å².